The maximum absolute atomic E-state index is 5.22. The minimum absolute atomic E-state index is 0.511. The van der Waals surface area contributed by atoms with Crippen LogP contribution in [0.4, 0.5) is 0 Å². The fourth-order valence-corrected chi connectivity index (χ4v) is 1.88. The molecule has 0 saturated heterocycles. The van der Waals surface area contributed by atoms with Crippen LogP contribution in [-0.2, 0) is 4.52 Å². The quantitative estimate of drug-likeness (QED) is 0.309. The van der Waals surface area contributed by atoms with Gasteiger partial charge in [0, 0.05) is 8.50 Å². The summed E-state index contributed by atoms with van der Waals surface area (Å²) >= 11 is 0. The zero-order valence-electron chi connectivity index (χ0n) is 11.3. The van der Waals surface area contributed by atoms with Gasteiger partial charge in [-0.1, -0.05) is 44.4 Å². The van der Waals surface area contributed by atoms with Crippen LogP contribution < -0.4 is 0 Å². The van der Waals surface area contributed by atoms with Crippen LogP contribution in [0.5, 0.6) is 0 Å². The second-order valence-corrected chi connectivity index (χ2v) is 5.58. The summed E-state index contributed by atoms with van der Waals surface area (Å²) in [4.78, 5) is 0. The molecule has 0 saturated carbocycles. The maximum atomic E-state index is 5.22. The van der Waals surface area contributed by atoms with Crippen LogP contribution in [0, 0.1) is 0 Å². The molecule has 98 valence electrons. The normalized spacial score (nSPS) is 12.8. The van der Waals surface area contributed by atoms with E-state index in [0.29, 0.717) is 8.50 Å². The van der Waals surface area contributed by atoms with Gasteiger partial charge < -0.3 is 4.52 Å². The van der Waals surface area contributed by atoms with E-state index in [4.69, 9.17) is 4.52 Å². The molecule has 0 spiro atoms. The lowest BCUT2D eigenvalue weighted by molar-refractivity contribution is 0.423. The Balaban J connectivity index is 3.56. The maximum Gasteiger partial charge on any atom is 0.0691 e. The third-order valence-corrected chi connectivity index (χ3v) is 3.18. The van der Waals surface area contributed by atoms with Crippen LogP contribution in [0.1, 0.15) is 46.5 Å². The highest BCUT2D eigenvalue weighted by Gasteiger charge is 1.88. The number of hydrogen-bond acceptors (Lipinski definition) is 1. The van der Waals surface area contributed by atoms with Crippen molar-refractivity contribution in [1.29, 1.82) is 0 Å². The van der Waals surface area contributed by atoms with Gasteiger partial charge >= 0.3 is 0 Å². The molecule has 0 aliphatic rings. The molecule has 3 heteroatoms. The minimum atomic E-state index is 0.511. The van der Waals surface area contributed by atoms with Gasteiger partial charge in [0.25, 0.3) is 0 Å². The molecule has 0 aromatic heterocycles. The Bertz CT molecular complexity index is 263. The van der Waals surface area contributed by atoms with Crippen molar-refractivity contribution in [3.8, 4) is 0 Å². The number of rotatable bonds is 9. The van der Waals surface area contributed by atoms with Crippen molar-refractivity contribution in [2.24, 2.45) is 0 Å². The molecule has 0 radical (unpaired) electrons. The van der Waals surface area contributed by atoms with Crippen LogP contribution in [0.3, 0.4) is 0 Å². The van der Waals surface area contributed by atoms with E-state index in [2.05, 4.69) is 54.0 Å². The number of allylic oxidation sites excluding steroid dienone is 5. The Kier molecular flexibility index (Phi) is 12.5. The van der Waals surface area contributed by atoms with E-state index < -0.39 is 0 Å². The molecule has 1 nitrogen and oxygen atoms in total. The van der Waals surface area contributed by atoms with Gasteiger partial charge in [-0.15, -0.1) is 0 Å². The smallest absolute Gasteiger partial charge is 0.0691 e. The Morgan fingerprint density at radius 3 is 2.47 bits per heavy atom. The molecule has 2 unspecified atom stereocenters. The summed E-state index contributed by atoms with van der Waals surface area (Å²) in [5, 5.41) is 0. The van der Waals surface area contributed by atoms with Crippen molar-refractivity contribution in [3.05, 3.63) is 35.5 Å². The van der Waals surface area contributed by atoms with Crippen LogP contribution in [0.25, 0.3) is 0 Å². The topological polar surface area (TPSA) is 9.23 Å². The molecule has 0 heterocycles. The monoisotopic (exact) mass is 272 g/mol. The average Bonchev–Trinajstić information content (AvgIpc) is 2.27. The van der Waals surface area contributed by atoms with E-state index in [-0.39, 0.29) is 0 Å². The highest BCUT2D eigenvalue weighted by molar-refractivity contribution is 8.00. The van der Waals surface area contributed by atoms with Crippen LogP contribution >= 0.6 is 17.4 Å². The number of hydrogen-bond donors (Lipinski definition) is 0. The molecule has 0 bridgehead atoms. The van der Waals surface area contributed by atoms with Crippen LogP contribution in [0.2, 0.25) is 0 Å². The van der Waals surface area contributed by atoms with Crippen LogP contribution in [-0.4, -0.2) is 6.61 Å². The zero-order chi connectivity index (χ0) is 12.9. The molecule has 0 aliphatic carbocycles. The van der Waals surface area contributed by atoms with Gasteiger partial charge in [0.1, 0.15) is 0 Å². The molecule has 0 N–H and O–H groups in total. The van der Waals surface area contributed by atoms with Gasteiger partial charge in [0.2, 0.25) is 0 Å². The summed E-state index contributed by atoms with van der Waals surface area (Å²) in [7, 11) is 3.09. The molecular formula is C14H26OP2. The van der Waals surface area contributed by atoms with Crippen molar-refractivity contribution in [3.63, 3.8) is 0 Å². The summed E-state index contributed by atoms with van der Waals surface area (Å²) in [6.45, 7) is 7.27. The lowest BCUT2D eigenvalue weighted by atomic mass is 10.1. The largest absolute Gasteiger partial charge is 0.354 e. The van der Waals surface area contributed by atoms with Crippen LogP contribution in [0.15, 0.2) is 35.5 Å². The molecule has 0 aromatic rings. The predicted octanol–water partition coefficient (Wildman–Crippen LogP) is 5.42. The zero-order valence-corrected chi connectivity index (χ0v) is 13.5. The lowest BCUT2D eigenvalue weighted by Gasteiger charge is -1.98. The van der Waals surface area contributed by atoms with Crippen molar-refractivity contribution in [1.82, 2.24) is 0 Å². The minimum Gasteiger partial charge on any atom is -0.354 e. The Labute approximate surface area is 111 Å². The van der Waals surface area contributed by atoms with Gasteiger partial charge in [-0.3, -0.25) is 0 Å². The Hall–Kier alpha value is 0.0400. The molecule has 0 aromatic carbocycles. The fourth-order valence-electron chi connectivity index (χ4n) is 1.40. The van der Waals surface area contributed by atoms with Gasteiger partial charge in [-0.25, -0.2) is 0 Å². The molecule has 0 amide bonds. The van der Waals surface area contributed by atoms with Crippen molar-refractivity contribution < 1.29 is 4.52 Å². The van der Waals surface area contributed by atoms with E-state index in [1.54, 1.807) is 0 Å². The molecule has 17 heavy (non-hydrogen) atoms. The first-order valence-electron chi connectivity index (χ1n) is 6.18. The first-order chi connectivity index (χ1) is 8.16. The van der Waals surface area contributed by atoms with Gasteiger partial charge in [0.05, 0.1) is 6.61 Å². The van der Waals surface area contributed by atoms with E-state index in [1.165, 1.54) is 24.0 Å². The Morgan fingerprint density at radius 1 is 1.06 bits per heavy atom. The van der Waals surface area contributed by atoms with Gasteiger partial charge in [-0.2, -0.15) is 0 Å². The van der Waals surface area contributed by atoms with Gasteiger partial charge in [0.15, 0.2) is 0 Å². The van der Waals surface area contributed by atoms with E-state index in [1.807, 2.05) is 0 Å². The summed E-state index contributed by atoms with van der Waals surface area (Å²) in [6, 6.07) is 0. The lowest BCUT2D eigenvalue weighted by Crippen LogP contribution is -1.78. The third-order valence-electron chi connectivity index (χ3n) is 2.35. The van der Waals surface area contributed by atoms with E-state index in [0.717, 1.165) is 19.4 Å². The van der Waals surface area contributed by atoms with Crippen molar-refractivity contribution >= 4 is 17.4 Å². The highest BCUT2D eigenvalue weighted by atomic mass is 32.0. The molecule has 0 fully saturated rings. The highest BCUT2D eigenvalue weighted by Crippen LogP contribution is 2.20. The first kappa shape index (κ1) is 17.0. The van der Waals surface area contributed by atoms with Gasteiger partial charge in [-0.05, 0) is 46.5 Å². The SMILES string of the molecule is CC(C)=CCCC(C)=CCCC=CCOPP. The summed E-state index contributed by atoms with van der Waals surface area (Å²) in [5.41, 5.74) is 2.91. The standard InChI is InChI=1S/C14H26OP2/c1-13(2)9-8-11-14(3)10-6-4-5-7-12-15-17-16/h5,7,9-10,17H,4,6,8,11-12,16H2,1-3H3. The fraction of sp³-hybridized carbons (Fsp3) is 0.571. The van der Waals surface area contributed by atoms with Crippen molar-refractivity contribution in [2.75, 3.05) is 6.61 Å². The summed E-state index contributed by atoms with van der Waals surface area (Å²) in [5.74, 6) is 0. The van der Waals surface area contributed by atoms with E-state index >= 15 is 0 Å². The Morgan fingerprint density at radius 2 is 1.82 bits per heavy atom. The molecule has 0 rings (SSSR count). The number of unbranched alkanes of at least 4 members (excludes halogenated alkanes) is 1. The third kappa shape index (κ3) is 14.0. The predicted molar refractivity (Wildman–Crippen MR) is 84.8 cm³/mol. The van der Waals surface area contributed by atoms with Crippen molar-refractivity contribution in [2.45, 2.75) is 46.5 Å². The second kappa shape index (κ2) is 12.5. The molecular weight excluding hydrogens is 246 g/mol. The summed E-state index contributed by atoms with van der Waals surface area (Å²) < 4.78 is 5.22. The first-order valence-corrected chi connectivity index (χ1v) is 8.90. The summed E-state index contributed by atoms with van der Waals surface area (Å²) in [6.07, 6.45) is 13.6. The average molecular weight is 272 g/mol. The molecule has 0 aliphatic heterocycles. The molecule has 2 atom stereocenters. The second-order valence-electron chi connectivity index (χ2n) is 4.35. The van der Waals surface area contributed by atoms with E-state index in [9.17, 15) is 0 Å².